The van der Waals surface area contributed by atoms with Crippen molar-refractivity contribution in [1.29, 1.82) is 0 Å². The number of carbonyl (C=O) groups is 1. The molecule has 106 valence electrons. The first kappa shape index (κ1) is 14.0. The zero-order valence-electron chi connectivity index (χ0n) is 10.9. The van der Waals surface area contributed by atoms with Crippen LogP contribution in [0.4, 0.5) is 0 Å². The zero-order valence-corrected chi connectivity index (χ0v) is 11.7. The van der Waals surface area contributed by atoms with Crippen LogP contribution in [0.15, 0.2) is 10.6 Å². The highest BCUT2D eigenvalue weighted by Gasteiger charge is 2.27. The van der Waals surface area contributed by atoms with Crippen molar-refractivity contribution in [3.8, 4) is 0 Å². The number of nitrogens with one attached hydrogen (secondary N) is 1. The van der Waals surface area contributed by atoms with E-state index in [4.69, 9.17) is 4.52 Å². The fourth-order valence-corrected chi connectivity index (χ4v) is 2.99. The minimum atomic E-state index is -3.26. The molecule has 8 heteroatoms. The molecule has 2 rings (SSSR count). The number of hydrogen-bond acceptors (Lipinski definition) is 5. The number of sulfonamides is 1. The molecule has 1 N–H and O–H groups in total. The molecule has 1 aliphatic rings. The van der Waals surface area contributed by atoms with Crippen molar-refractivity contribution in [2.24, 2.45) is 0 Å². The van der Waals surface area contributed by atoms with Crippen molar-refractivity contribution in [3.63, 3.8) is 0 Å². The molecule has 1 atom stereocenters. The molecule has 2 heterocycles. The number of carbonyl (C=O) groups excluding carboxylic acids is 1. The Morgan fingerprint density at radius 1 is 1.58 bits per heavy atom. The molecule has 0 spiro atoms. The highest BCUT2D eigenvalue weighted by molar-refractivity contribution is 7.88. The molecule has 0 unspecified atom stereocenters. The van der Waals surface area contributed by atoms with Gasteiger partial charge in [0.15, 0.2) is 5.69 Å². The fourth-order valence-electron chi connectivity index (χ4n) is 2.19. The number of piperidine rings is 1. The Labute approximate surface area is 112 Å². The minimum Gasteiger partial charge on any atom is -0.361 e. The summed E-state index contributed by atoms with van der Waals surface area (Å²) in [6.45, 7) is 2.68. The van der Waals surface area contributed by atoms with Gasteiger partial charge >= 0.3 is 0 Å². The summed E-state index contributed by atoms with van der Waals surface area (Å²) in [4.78, 5) is 13.8. The monoisotopic (exact) mass is 287 g/mol. The van der Waals surface area contributed by atoms with E-state index in [2.05, 4.69) is 9.88 Å². The Hall–Kier alpha value is -1.41. The van der Waals surface area contributed by atoms with Crippen LogP contribution in [-0.4, -0.2) is 49.8 Å². The number of likely N-dealkylation sites (tertiary alicyclic amines) is 1. The number of hydrogen-bond donors (Lipinski definition) is 1. The zero-order chi connectivity index (χ0) is 14.0. The Kier molecular flexibility index (Phi) is 3.91. The van der Waals surface area contributed by atoms with Gasteiger partial charge in [-0.2, -0.15) is 0 Å². The maximum Gasteiger partial charge on any atom is 0.276 e. The van der Waals surface area contributed by atoms with Crippen LogP contribution in [0.5, 0.6) is 0 Å². The van der Waals surface area contributed by atoms with Crippen LogP contribution in [0, 0.1) is 6.92 Å². The van der Waals surface area contributed by atoms with Crippen LogP contribution >= 0.6 is 0 Å². The van der Waals surface area contributed by atoms with Crippen molar-refractivity contribution >= 4 is 15.9 Å². The SMILES string of the molecule is Cc1cc(C(=O)N2CCC[C@H](NS(C)(=O)=O)C2)no1. The lowest BCUT2D eigenvalue weighted by atomic mass is 10.1. The molecule has 0 saturated carbocycles. The van der Waals surface area contributed by atoms with Crippen LogP contribution in [-0.2, 0) is 10.0 Å². The first-order valence-electron chi connectivity index (χ1n) is 6.05. The molecule has 1 aromatic rings. The number of nitrogens with zero attached hydrogens (tertiary/aromatic N) is 2. The summed E-state index contributed by atoms with van der Waals surface area (Å²) in [6.07, 6.45) is 2.61. The second kappa shape index (κ2) is 5.30. The third-order valence-corrected chi connectivity index (χ3v) is 3.70. The van der Waals surface area contributed by atoms with Crippen molar-refractivity contribution < 1.29 is 17.7 Å². The topological polar surface area (TPSA) is 92.5 Å². The number of aromatic nitrogens is 1. The molecule has 0 aliphatic carbocycles. The Morgan fingerprint density at radius 3 is 2.89 bits per heavy atom. The molecular weight excluding hydrogens is 270 g/mol. The Morgan fingerprint density at radius 2 is 2.32 bits per heavy atom. The van der Waals surface area contributed by atoms with E-state index in [0.29, 0.717) is 18.8 Å². The smallest absolute Gasteiger partial charge is 0.276 e. The van der Waals surface area contributed by atoms with Gasteiger partial charge in [0.1, 0.15) is 5.76 Å². The van der Waals surface area contributed by atoms with Crippen molar-refractivity contribution in [2.75, 3.05) is 19.3 Å². The van der Waals surface area contributed by atoms with E-state index in [-0.39, 0.29) is 17.6 Å². The van der Waals surface area contributed by atoms with Gasteiger partial charge in [0.05, 0.1) is 6.26 Å². The number of aryl methyl sites for hydroxylation is 1. The molecule has 7 nitrogen and oxygen atoms in total. The van der Waals surface area contributed by atoms with Gasteiger partial charge in [-0.15, -0.1) is 0 Å². The van der Waals surface area contributed by atoms with Crippen LogP contribution in [0.25, 0.3) is 0 Å². The molecule has 1 fully saturated rings. The lowest BCUT2D eigenvalue weighted by Crippen LogP contribution is -2.49. The molecule has 0 radical (unpaired) electrons. The van der Waals surface area contributed by atoms with E-state index in [1.165, 1.54) is 0 Å². The standard InChI is InChI=1S/C11H17N3O4S/c1-8-6-10(12-18-8)11(15)14-5-3-4-9(7-14)13-19(2,16)17/h6,9,13H,3-5,7H2,1-2H3/t9-/m0/s1. The highest BCUT2D eigenvalue weighted by atomic mass is 32.2. The van der Waals surface area contributed by atoms with E-state index in [1.54, 1.807) is 17.9 Å². The molecule has 1 aliphatic heterocycles. The lowest BCUT2D eigenvalue weighted by Gasteiger charge is -2.32. The van der Waals surface area contributed by atoms with E-state index < -0.39 is 10.0 Å². The molecule has 0 bridgehead atoms. The number of rotatable bonds is 3. The van der Waals surface area contributed by atoms with E-state index in [9.17, 15) is 13.2 Å². The highest BCUT2D eigenvalue weighted by Crippen LogP contribution is 2.14. The lowest BCUT2D eigenvalue weighted by molar-refractivity contribution is 0.0692. The summed E-state index contributed by atoms with van der Waals surface area (Å²) in [5.74, 6) is 0.350. The normalized spacial score (nSPS) is 20.5. The summed E-state index contributed by atoms with van der Waals surface area (Å²) in [5, 5.41) is 3.69. The average Bonchev–Trinajstić information content (AvgIpc) is 2.73. The third kappa shape index (κ3) is 3.77. The predicted octanol–water partition coefficient (Wildman–Crippen LogP) is 0.137. The summed E-state index contributed by atoms with van der Waals surface area (Å²) < 4.78 is 29.8. The number of amides is 1. The molecular formula is C11H17N3O4S. The van der Waals surface area contributed by atoms with E-state index in [1.807, 2.05) is 0 Å². The van der Waals surface area contributed by atoms with Crippen LogP contribution in [0.2, 0.25) is 0 Å². The van der Waals surface area contributed by atoms with Crippen LogP contribution < -0.4 is 4.72 Å². The van der Waals surface area contributed by atoms with Gasteiger partial charge in [-0.05, 0) is 19.8 Å². The van der Waals surface area contributed by atoms with Gasteiger partial charge in [-0.25, -0.2) is 13.1 Å². The summed E-state index contributed by atoms with van der Waals surface area (Å²) in [7, 11) is -3.26. The van der Waals surface area contributed by atoms with Crippen LogP contribution in [0.1, 0.15) is 29.1 Å². The largest absolute Gasteiger partial charge is 0.361 e. The van der Waals surface area contributed by atoms with Crippen LogP contribution in [0.3, 0.4) is 0 Å². The predicted molar refractivity (Wildman–Crippen MR) is 68.1 cm³/mol. The molecule has 0 aromatic carbocycles. The first-order valence-corrected chi connectivity index (χ1v) is 7.94. The van der Waals surface area contributed by atoms with Gasteiger partial charge in [0.2, 0.25) is 10.0 Å². The van der Waals surface area contributed by atoms with Gasteiger partial charge in [0, 0.05) is 25.2 Å². The van der Waals surface area contributed by atoms with Crippen molar-refractivity contribution in [1.82, 2.24) is 14.8 Å². The molecule has 1 amide bonds. The summed E-state index contributed by atoms with van der Waals surface area (Å²) in [5.41, 5.74) is 0.262. The summed E-state index contributed by atoms with van der Waals surface area (Å²) >= 11 is 0. The first-order chi connectivity index (χ1) is 8.85. The quantitative estimate of drug-likeness (QED) is 0.853. The Balaban J connectivity index is 2.03. The maximum atomic E-state index is 12.2. The van der Waals surface area contributed by atoms with Gasteiger partial charge < -0.3 is 9.42 Å². The van der Waals surface area contributed by atoms with Crippen molar-refractivity contribution in [3.05, 3.63) is 17.5 Å². The molecule has 19 heavy (non-hydrogen) atoms. The molecule has 1 saturated heterocycles. The second-order valence-electron chi connectivity index (χ2n) is 4.80. The van der Waals surface area contributed by atoms with Gasteiger partial charge in [0.25, 0.3) is 5.91 Å². The average molecular weight is 287 g/mol. The molecule has 1 aromatic heterocycles. The maximum absolute atomic E-state index is 12.2. The van der Waals surface area contributed by atoms with Crippen molar-refractivity contribution in [2.45, 2.75) is 25.8 Å². The fraction of sp³-hybridized carbons (Fsp3) is 0.636. The summed E-state index contributed by atoms with van der Waals surface area (Å²) in [6, 6.07) is 1.34. The van der Waals surface area contributed by atoms with Gasteiger partial charge in [-0.1, -0.05) is 5.16 Å². The second-order valence-corrected chi connectivity index (χ2v) is 6.58. The minimum absolute atomic E-state index is 0.225. The van der Waals surface area contributed by atoms with Gasteiger partial charge in [-0.3, -0.25) is 4.79 Å². The third-order valence-electron chi connectivity index (χ3n) is 2.94. The Bertz CT molecular complexity index is 566. The van der Waals surface area contributed by atoms with E-state index >= 15 is 0 Å². The van der Waals surface area contributed by atoms with E-state index in [0.717, 1.165) is 19.1 Å².